The fraction of sp³-hybridized carbons (Fsp3) is 0.417. The van der Waals surface area contributed by atoms with E-state index in [1.807, 2.05) is 6.92 Å². The molecule has 192 valence electrons. The number of unbranched alkanes of at least 4 members (excludes halogenated alkanes) is 1. The van der Waals surface area contributed by atoms with Gasteiger partial charge in [-0.2, -0.15) is 13.2 Å². The number of hydrogen-bond donors (Lipinski definition) is 1. The number of halogens is 4. The lowest BCUT2D eigenvalue weighted by Crippen LogP contribution is -2.25. The molecular formula is C24H25F4N5O3. The highest BCUT2D eigenvalue weighted by atomic mass is 19.4. The number of rotatable bonds is 8. The topological polar surface area (TPSA) is 91.2 Å². The molecule has 0 spiro atoms. The normalized spacial score (nSPS) is 14.6. The highest BCUT2D eigenvalue weighted by Gasteiger charge is 2.40. The molecule has 36 heavy (non-hydrogen) atoms. The molecule has 8 nitrogen and oxygen atoms in total. The molecule has 0 saturated carbocycles. The molecule has 1 saturated heterocycles. The second-order valence-electron chi connectivity index (χ2n) is 8.26. The minimum atomic E-state index is -4.72. The number of aromatic nitrogens is 4. The second-order valence-corrected chi connectivity index (χ2v) is 8.26. The van der Waals surface area contributed by atoms with Crippen LogP contribution in [0, 0.1) is 5.82 Å². The Balaban J connectivity index is 1.59. The molecule has 4 rings (SSSR count). The Kier molecular flexibility index (Phi) is 7.82. The average molecular weight is 507 g/mol. The summed E-state index contributed by atoms with van der Waals surface area (Å²) in [6.07, 6.45) is -0.517. The Labute approximate surface area is 204 Å². The van der Waals surface area contributed by atoms with Crippen LogP contribution in [0.15, 0.2) is 36.7 Å². The lowest BCUT2D eigenvalue weighted by atomic mass is 10.1. The quantitative estimate of drug-likeness (QED) is 0.243. The highest BCUT2D eigenvalue weighted by molar-refractivity contribution is 5.89. The zero-order chi connectivity index (χ0) is 25.7. The molecule has 0 aliphatic carbocycles. The van der Waals surface area contributed by atoms with Crippen LogP contribution in [0.2, 0.25) is 0 Å². The van der Waals surface area contributed by atoms with Crippen molar-refractivity contribution in [1.82, 2.24) is 19.5 Å². The van der Waals surface area contributed by atoms with Gasteiger partial charge >= 0.3 is 12.1 Å². The monoisotopic (exact) mass is 507 g/mol. The number of hydrogen-bond acceptors (Lipinski definition) is 7. The number of benzene rings is 1. The molecule has 1 aliphatic rings. The zero-order valence-electron chi connectivity index (χ0n) is 19.5. The van der Waals surface area contributed by atoms with Crippen LogP contribution >= 0.6 is 0 Å². The Morgan fingerprint density at radius 1 is 1.17 bits per heavy atom. The van der Waals surface area contributed by atoms with Crippen LogP contribution in [0.3, 0.4) is 0 Å². The van der Waals surface area contributed by atoms with Gasteiger partial charge in [-0.3, -0.25) is 0 Å². The van der Waals surface area contributed by atoms with Crippen LogP contribution in [0.25, 0.3) is 11.4 Å². The first-order valence-corrected chi connectivity index (χ1v) is 11.6. The molecule has 0 atom stereocenters. The lowest BCUT2D eigenvalue weighted by molar-refractivity contribution is -0.148. The predicted octanol–water partition coefficient (Wildman–Crippen LogP) is 5.55. The van der Waals surface area contributed by atoms with Crippen molar-refractivity contribution in [3.63, 3.8) is 0 Å². The first-order chi connectivity index (χ1) is 17.3. The van der Waals surface area contributed by atoms with Gasteiger partial charge in [0.1, 0.15) is 5.69 Å². The fourth-order valence-electron chi connectivity index (χ4n) is 3.88. The Morgan fingerprint density at radius 3 is 2.56 bits per heavy atom. The van der Waals surface area contributed by atoms with Crippen molar-refractivity contribution in [2.45, 2.75) is 44.8 Å². The summed E-state index contributed by atoms with van der Waals surface area (Å²) in [6.45, 7) is 2.91. The van der Waals surface area contributed by atoms with Gasteiger partial charge in [-0.25, -0.2) is 24.1 Å². The molecule has 1 N–H and O–H groups in total. The van der Waals surface area contributed by atoms with Crippen LogP contribution in [0.4, 0.5) is 29.2 Å². The Morgan fingerprint density at radius 2 is 1.89 bits per heavy atom. The van der Waals surface area contributed by atoms with E-state index < -0.39 is 29.8 Å². The summed E-state index contributed by atoms with van der Waals surface area (Å²) >= 11 is 0. The largest absolute Gasteiger partial charge is 0.462 e. The van der Waals surface area contributed by atoms with Crippen molar-refractivity contribution >= 4 is 17.6 Å². The number of ether oxygens (including phenoxy) is 2. The van der Waals surface area contributed by atoms with Gasteiger partial charge in [-0.05, 0) is 43.5 Å². The molecule has 1 aromatic carbocycles. The molecule has 0 radical (unpaired) electrons. The maximum Gasteiger partial charge on any atom is 0.449 e. The van der Waals surface area contributed by atoms with Crippen molar-refractivity contribution in [3.8, 4) is 11.4 Å². The number of carbonyl (C=O) groups is 1. The maximum absolute atomic E-state index is 14.8. The van der Waals surface area contributed by atoms with E-state index in [-0.39, 0.29) is 17.3 Å². The third-order valence-corrected chi connectivity index (χ3v) is 5.70. The van der Waals surface area contributed by atoms with Gasteiger partial charge in [0.05, 0.1) is 30.3 Å². The van der Waals surface area contributed by atoms with Gasteiger partial charge in [0.2, 0.25) is 11.8 Å². The van der Waals surface area contributed by atoms with Crippen LogP contribution in [-0.4, -0.2) is 45.3 Å². The number of nitrogens with zero attached hydrogens (tertiary/aromatic N) is 4. The second kappa shape index (κ2) is 11.0. The molecule has 0 unspecified atom stereocenters. The summed E-state index contributed by atoms with van der Waals surface area (Å²) in [5.41, 5.74) is 0.449. The van der Waals surface area contributed by atoms with Crippen LogP contribution in [0.5, 0.6) is 0 Å². The summed E-state index contributed by atoms with van der Waals surface area (Å²) in [4.78, 5) is 23.7. The van der Waals surface area contributed by atoms with E-state index in [0.29, 0.717) is 43.9 Å². The molecule has 1 fully saturated rings. The molecule has 0 amide bonds. The zero-order valence-corrected chi connectivity index (χ0v) is 19.5. The SMILES string of the molecule is CCCCOC(=O)c1ccc(Nc2ncc(F)c(-c3cnc(C(F)(F)F)n3C3CCOCC3)n2)cc1. The molecule has 12 heteroatoms. The maximum atomic E-state index is 14.8. The summed E-state index contributed by atoms with van der Waals surface area (Å²) < 4.78 is 67.3. The van der Waals surface area contributed by atoms with Crippen LogP contribution in [0.1, 0.15) is 54.8 Å². The van der Waals surface area contributed by atoms with E-state index in [1.54, 1.807) is 24.3 Å². The lowest BCUT2D eigenvalue weighted by Gasteiger charge is -2.27. The summed E-state index contributed by atoms with van der Waals surface area (Å²) in [5, 5.41) is 2.88. The third-order valence-electron chi connectivity index (χ3n) is 5.70. The minimum Gasteiger partial charge on any atom is -0.462 e. The molecule has 1 aliphatic heterocycles. The van der Waals surface area contributed by atoms with Gasteiger partial charge in [0.25, 0.3) is 0 Å². The predicted molar refractivity (Wildman–Crippen MR) is 122 cm³/mol. The highest BCUT2D eigenvalue weighted by Crippen LogP contribution is 2.37. The van der Waals surface area contributed by atoms with Gasteiger partial charge in [0, 0.05) is 24.9 Å². The third kappa shape index (κ3) is 5.81. The number of nitrogens with one attached hydrogen (secondary N) is 1. The molecule has 3 heterocycles. The molecule has 0 bridgehead atoms. The van der Waals surface area contributed by atoms with Crippen molar-refractivity contribution in [1.29, 1.82) is 0 Å². The van der Waals surface area contributed by atoms with E-state index >= 15 is 0 Å². The van der Waals surface area contributed by atoms with Crippen LogP contribution < -0.4 is 5.32 Å². The van der Waals surface area contributed by atoms with E-state index in [9.17, 15) is 22.4 Å². The number of alkyl halides is 3. The standard InChI is InChI=1S/C24H25F4N5O3/c1-2-3-10-36-21(34)15-4-6-16(7-5-15)31-23-30-13-18(25)20(32-23)19-14-29-22(24(26,27)28)33(19)17-8-11-35-12-9-17/h4-7,13-14,17H,2-3,8-12H2,1H3,(H,30,31,32). The summed E-state index contributed by atoms with van der Waals surface area (Å²) in [5.74, 6) is -2.47. The molecule has 3 aromatic rings. The molecular weight excluding hydrogens is 482 g/mol. The average Bonchev–Trinajstić information content (AvgIpc) is 3.32. The molecule has 2 aromatic heterocycles. The Hall–Kier alpha value is -3.54. The number of imidazole rings is 1. The van der Waals surface area contributed by atoms with Crippen molar-refractivity contribution < 1.29 is 31.8 Å². The van der Waals surface area contributed by atoms with Gasteiger partial charge < -0.3 is 19.4 Å². The van der Waals surface area contributed by atoms with Crippen molar-refractivity contribution in [3.05, 3.63) is 53.9 Å². The van der Waals surface area contributed by atoms with E-state index in [4.69, 9.17) is 9.47 Å². The first kappa shape index (κ1) is 25.5. The van der Waals surface area contributed by atoms with Gasteiger partial charge in [-0.1, -0.05) is 13.3 Å². The number of esters is 1. The van der Waals surface area contributed by atoms with Gasteiger partial charge in [-0.15, -0.1) is 0 Å². The summed E-state index contributed by atoms with van der Waals surface area (Å²) in [7, 11) is 0. The van der Waals surface area contributed by atoms with Gasteiger partial charge in [0.15, 0.2) is 5.82 Å². The fourth-order valence-corrected chi connectivity index (χ4v) is 3.88. The van der Waals surface area contributed by atoms with Crippen molar-refractivity contribution in [2.24, 2.45) is 0 Å². The first-order valence-electron chi connectivity index (χ1n) is 11.6. The minimum absolute atomic E-state index is 0.0297. The van der Waals surface area contributed by atoms with E-state index in [0.717, 1.165) is 29.8 Å². The van der Waals surface area contributed by atoms with Crippen LogP contribution in [-0.2, 0) is 15.7 Å². The van der Waals surface area contributed by atoms with Crippen molar-refractivity contribution in [2.75, 3.05) is 25.1 Å². The number of carbonyl (C=O) groups excluding carboxylic acids is 1. The number of anilines is 2. The van der Waals surface area contributed by atoms with E-state index in [2.05, 4.69) is 20.3 Å². The van der Waals surface area contributed by atoms with E-state index in [1.165, 1.54) is 0 Å². The summed E-state index contributed by atoms with van der Waals surface area (Å²) in [6, 6.07) is 5.73. The Bertz CT molecular complexity index is 1190. The smallest absolute Gasteiger partial charge is 0.449 e.